The minimum atomic E-state index is -0.387. The molecule has 2 aromatic carbocycles. The number of nitrogens with zero attached hydrogens (tertiary/aromatic N) is 1. The van der Waals surface area contributed by atoms with Crippen LogP contribution in [0.5, 0.6) is 0 Å². The molecule has 5 nitrogen and oxygen atoms in total. The lowest BCUT2D eigenvalue weighted by atomic mass is 10.1. The van der Waals surface area contributed by atoms with Crippen LogP contribution in [-0.4, -0.2) is 11.1 Å². The van der Waals surface area contributed by atoms with E-state index in [4.69, 9.17) is 16.1 Å². The van der Waals surface area contributed by atoms with Gasteiger partial charge in [0.2, 0.25) is 5.76 Å². The number of nitrogens with one attached hydrogen (secondary N) is 2. The van der Waals surface area contributed by atoms with Crippen molar-refractivity contribution in [2.24, 2.45) is 0 Å². The number of benzene rings is 2. The van der Waals surface area contributed by atoms with Gasteiger partial charge in [0.15, 0.2) is 0 Å². The third-order valence-corrected chi connectivity index (χ3v) is 4.18. The smallest absolute Gasteiger partial charge is 0.294 e. The number of amides is 1. The van der Waals surface area contributed by atoms with Crippen molar-refractivity contribution in [3.05, 3.63) is 82.7 Å². The zero-order valence-electron chi connectivity index (χ0n) is 13.7. The molecule has 1 atom stereocenters. The Labute approximate surface area is 151 Å². The summed E-state index contributed by atoms with van der Waals surface area (Å²) >= 11 is 6.18. The van der Waals surface area contributed by atoms with Gasteiger partial charge in [-0.25, -0.2) is 0 Å². The Morgan fingerprint density at radius 1 is 1.20 bits per heavy atom. The van der Waals surface area contributed by atoms with E-state index in [2.05, 4.69) is 34.8 Å². The van der Waals surface area contributed by atoms with Gasteiger partial charge in [-0.2, -0.15) is 0 Å². The molecule has 1 heterocycles. The molecule has 0 saturated carbocycles. The molecule has 0 unspecified atom stereocenters. The fourth-order valence-electron chi connectivity index (χ4n) is 2.43. The highest BCUT2D eigenvalue weighted by Gasteiger charge is 2.12. The van der Waals surface area contributed by atoms with Gasteiger partial charge in [0, 0.05) is 18.7 Å². The highest BCUT2D eigenvalue weighted by atomic mass is 35.5. The van der Waals surface area contributed by atoms with Crippen molar-refractivity contribution in [1.29, 1.82) is 0 Å². The Hall–Kier alpha value is -2.63. The minimum absolute atomic E-state index is 0.136. The first-order chi connectivity index (χ1) is 12.1. The van der Waals surface area contributed by atoms with Gasteiger partial charge in [0.1, 0.15) is 0 Å². The van der Waals surface area contributed by atoms with Crippen LogP contribution in [0.3, 0.4) is 0 Å². The highest BCUT2D eigenvalue weighted by Crippen LogP contribution is 2.24. The van der Waals surface area contributed by atoms with Gasteiger partial charge in [-0.1, -0.05) is 53.2 Å². The molecule has 0 fully saturated rings. The minimum Gasteiger partial charge on any atom is -0.351 e. The summed E-state index contributed by atoms with van der Waals surface area (Å²) in [6, 6.07) is 17.5. The SMILES string of the molecule is C[C@@H](NCc1ccc(Cl)c(NC(=O)c2ccno2)c1)c1ccccc1. The summed E-state index contributed by atoms with van der Waals surface area (Å²) in [5.41, 5.74) is 2.77. The second kappa shape index (κ2) is 7.96. The molecular weight excluding hydrogens is 338 g/mol. The molecule has 1 amide bonds. The summed E-state index contributed by atoms with van der Waals surface area (Å²) in [6.45, 7) is 2.76. The van der Waals surface area contributed by atoms with Crippen molar-refractivity contribution in [2.75, 3.05) is 5.32 Å². The van der Waals surface area contributed by atoms with Crippen LogP contribution in [0.25, 0.3) is 0 Å². The molecular formula is C19H18ClN3O2. The maximum atomic E-state index is 12.1. The number of hydrogen-bond donors (Lipinski definition) is 2. The van der Waals surface area contributed by atoms with E-state index in [-0.39, 0.29) is 17.7 Å². The summed E-state index contributed by atoms with van der Waals surface area (Å²) in [6.07, 6.45) is 1.42. The Morgan fingerprint density at radius 3 is 2.72 bits per heavy atom. The molecule has 2 N–H and O–H groups in total. The molecule has 1 aromatic heterocycles. The summed E-state index contributed by atoms with van der Waals surface area (Å²) < 4.78 is 4.85. The van der Waals surface area contributed by atoms with Gasteiger partial charge >= 0.3 is 0 Å². The molecule has 0 aliphatic heterocycles. The molecule has 0 aliphatic carbocycles. The molecule has 128 valence electrons. The first-order valence-corrected chi connectivity index (χ1v) is 8.30. The number of halogens is 1. The monoisotopic (exact) mass is 355 g/mol. The van der Waals surface area contributed by atoms with Crippen LogP contribution in [0.15, 0.2) is 65.3 Å². The van der Waals surface area contributed by atoms with Crippen molar-refractivity contribution < 1.29 is 9.32 Å². The predicted octanol–water partition coefficient (Wildman–Crippen LogP) is 4.43. The van der Waals surface area contributed by atoms with Crippen LogP contribution >= 0.6 is 11.6 Å². The average Bonchev–Trinajstić information content (AvgIpc) is 3.17. The largest absolute Gasteiger partial charge is 0.351 e. The van der Waals surface area contributed by atoms with Gasteiger partial charge in [-0.05, 0) is 30.2 Å². The van der Waals surface area contributed by atoms with Gasteiger partial charge in [0.25, 0.3) is 5.91 Å². The molecule has 0 radical (unpaired) electrons. The summed E-state index contributed by atoms with van der Waals surface area (Å²) in [5, 5.41) is 10.2. The number of hydrogen-bond acceptors (Lipinski definition) is 4. The molecule has 25 heavy (non-hydrogen) atoms. The van der Waals surface area contributed by atoms with E-state index in [1.807, 2.05) is 30.3 Å². The predicted molar refractivity (Wildman–Crippen MR) is 97.6 cm³/mol. The molecule has 0 spiro atoms. The summed E-state index contributed by atoms with van der Waals surface area (Å²) in [5.74, 6) is -0.251. The zero-order valence-corrected chi connectivity index (χ0v) is 14.5. The lowest BCUT2D eigenvalue weighted by molar-refractivity contribution is 0.0988. The second-order valence-corrected chi connectivity index (χ2v) is 6.07. The first-order valence-electron chi connectivity index (χ1n) is 7.92. The third kappa shape index (κ3) is 4.47. The number of rotatable bonds is 6. The van der Waals surface area contributed by atoms with Crippen molar-refractivity contribution in [3.63, 3.8) is 0 Å². The number of carbonyl (C=O) groups excluding carboxylic acids is 1. The average molecular weight is 356 g/mol. The van der Waals surface area contributed by atoms with Crippen LogP contribution in [0.4, 0.5) is 5.69 Å². The lowest BCUT2D eigenvalue weighted by Crippen LogP contribution is -2.18. The van der Waals surface area contributed by atoms with Crippen LogP contribution in [0.1, 0.15) is 34.6 Å². The van der Waals surface area contributed by atoms with E-state index in [9.17, 15) is 4.79 Å². The fraction of sp³-hybridized carbons (Fsp3) is 0.158. The Kier molecular flexibility index (Phi) is 5.48. The van der Waals surface area contributed by atoms with Crippen molar-refractivity contribution in [2.45, 2.75) is 19.5 Å². The third-order valence-electron chi connectivity index (χ3n) is 3.85. The van der Waals surface area contributed by atoms with Crippen molar-refractivity contribution in [1.82, 2.24) is 10.5 Å². The quantitative estimate of drug-likeness (QED) is 0.686. The second-order valence-electron chi connectivity index (χ2n) is 5.66. The van der Waals surface area contributed by atoms with E-state index < -0.39 is 0 Å². The molecule has 3 rings (SSSR count). The maximum Gasteiger partial charge on any atom is 0.294 e. The Morgan fingerprint density at radius 2 is 2.00 bits per heavy atom. The van der Waals surface area contributed by atoms with Gasteiger partial charge in [0.05, 0.1) is 16.9 Å². The summed E-state index contributed by atoms with van der Waals surface area (Å²) in [4.78, 5) is 12.1. The molecule has 0 aliphatic rings. The lowest BCUT2D eigenvalue weighted by Gasteiger charge is -2.15. The van der Waals surface area contributed by atoms with E-state index >= 15 is 0 Å². The van der Waals surface area contributed by atoms with Crippen LogP contribution in [0, 0.1) is 0 Å². The maximum absolute atomic E-state index is 12.1. The molecule has 0 saturated heterocycles. The van der Waals surface area contributed by atoms with E-state index in [0.29, 0.717) is 17.3 Å². The number of aromatic nitrogens is 1. The van der Waals surface area contributed by atoms with Gasteiger partial charge in [-0.3, -0.25) is 4.79 Å². The molecule has 0 bridgehead atoms. The van der Waals surface area contributed by atoms with Gasteiger partial charge < -0.3 is 15.2 Å². The number of carbonyl (C=O) groups is 1. The Bertz CT molecular complexity index is 835. The van der Waals surface area contributed by atoms with Crippen molar-refractivity contribution >= 4 is 23.2 Å². The fourth-order valence-corrected chi connectivity index (χ4v) is 2.59. The van der Waals surface area contributed by atoms with Crippen LogP contribution < -0.4 is 10.6 Å². The van der Waals surface area contributed by atoms with E-state index in [0.717, 1.165) is 5.56 Å². The van der Waals surface area contributed by atoms with Crippen LogP contribution in [0.2, 0.25) is 5.02 Å². The molecule has 6 heteroatoms. The van der Waals surface area contributed by atoms with E-state index in [1.54, 1.807) is 6.07 Å². The first kappa shape index (κ1) is 17.2. The molecule has 3 aromatic rings. The topological polar surface area (TPSA) is 67.2 Å². The summed E-state index contributed by atoms with van der Waals surface area (Å²) in [7, 11) is 0. The Balaban J connectivity index is 1.66. The van der Waals surface area contributed by atoms with E-state index in [1.165, 1.54) is 17.8 Å². The number of anilines is 1. The normalized spacial score (nSPS) is 11.9. The highest BCUT2D eigenvalue weighted by molar-refractivity contribution is 6.33. The standard InChI is InChI=1S/C19H18ClN3O2/c1-13(15-5-3-2-4-6-15)21-12-14-7-8-16(20)17(11-14)23-19(24)18-9-10-22-25-18/h2-11,13,21H,12H2,1H3,(H,23,24)/t13-/m1/s1. The zero-order chi connectivity index (χ0) is 17.6. The van der Waals surface area contributed by atoms with Crippen molar-refractivity contribution in [3.8, 4) is 0 Å². The van der Waals surface area contributed by atoms with Crippen LogP contribution in [-0.2, 0) is 6.54 Å². The van der Waals surface area contributed by atoms with Gasteiger partial charge in [-0.15, -0.1) is 0 Å².